The van der Waals surface area contributed by atoms with E-state index in [0.717, 1.165) is 18.8 Å². The molecular formula is C19H22N2O. The van der Waals surface area contributed by atoms with E-state index in [1.165, 1.54) is 23.2 Å². The quantitative estimate of drug-likeness (QED) is 0.936. The highest BCUT2D eigenvalue weighted by atomic mass is 16.5. The Balaban J connectivity index is 1.63. The van der Waals surface area contributed by atoms with Gasteiger partial charge in [0.25, 0.3) is 0 Å². The van der Waals surface area contributed by atoms with Crippen molar-refractivity contribution < 1.29 is 4.74 Å². The minimum atomic E-state index is 0.165. The lowest BCUT2D eigenvalue weighted by molar-refractivity contribution is 0.239. The van der Waals surface area contributed by atoms with Gasteiger partial charge in [0.2, 0.25) is 0 Å². The molecule has 1 N–H and O–H groups in total. The van der Waals surface area contributed by atoms with Crippen LogP contribution in [0.15, 0.2) is 48.5 Å². The molecule has 2 aliphatic heterocycles. The topological polar surface area (TPSA) is 24.5 Å². The number of hydrogen-bond donors (Lipinski definition) is 1. The van der Waals surface area contributed by atoms with E-state index in [-0.39, 0.29) is 5.41 Å². The summed E-state index contributed by atoms with van der Waals surface area (Å²) in [5.41, 5.74) is 4.19. The van der Waals surface area contributed by atoms with Crippen LogP contribution >= 0.6 is 0 Å². The standard InChI is InChI=1S/C19H22N2O/c1-19-10-11-21(13-14-6-4-3-5-7-14)18(19)20-17-9-8-15(22-2)12-16(17)19/h3-9,12,18,20H,10-11,13H2,1-2H3/t18?,19-/m0/s1. The van der Waals surface area contributed by atoms with E-state index in [4.69, 9.17) is 4.74 Å². The normalized spacial score (nSPS) is 26.4. The second kappa shape index (κ2) is 5.03. The Morgan fingerprint density at radius 1 is 1.23 bits per heavy atom. The molecule has 0 aliphatic carbocycles. The number of likely N-dealkylation sites (tertiary alicyclic amines) is 1. The minimum absolute atomic E-state index is 0.165. The van der Waals surface area contributed by atoms with Crippen LogP contribution in [-0.2, 0) is 12.0 Å². The molecule has 2 aromatic rings. The number of methoxy groups -OCH3 is 1. The molecule has 0 bridgehead atoms. The van der Waals surface area contributed by atoms with Crippen molar-refractivity contribution in [2.24, 2.45) is 0 Å². The summed E-state index contributed by atoms with van der Waals surface area (Å²) in [6.07, 6.45) is 1.55. The molecule has 2 aromatic carbocycles. The largest absolute Gasteiger partial charge is 0.497 e. The lowest BCUT2D eigenvalue weighted by Crippen LogP contribution is -2.41. The number of nitrogens with zero attached hydrogens (tertiary/aromatic N) is 1. The van der Waals surface area contributed by atoms with E-state index in [1.807, 2.05) is 6.07 Å². The molecule has 1 fully saturated rings. The second-order valence-corrected chi connectivity index (χ2v) is 6.58. The Hall–Kier alpha value is -2.00. The van der Waals surface area contributed by atoms with Crippen LogP contribution in [0.5, 0.6) is 5.75 Å². The summed E-state index contributed by atoms with van der Waals surface area (Å²) >= 11 is 0. The van der Waals surface area contributed by atoms with Crippen LogP contribution in [0.1, 0.15) is 24.5 Å². The fraction of sp³-hybridized carbons (Fsp3) is 0.368. The van der Waals surface area contributed by atoms with Crippen LogP contribution in [-0.4, -0.2) is 24.7 Å². The van der Waals surface area contributed by atoms with Crippen LogP contribution in [0.4, 0.5) is 5.69 Å². The van der Waals surface area contributed by atoms with Gasteiger partial charge in [-0.05, 0) is 35.7 Å². The van der Waals surface area contributed by atoms with E-state index < -0.39 is 0 Å². The molecule has 2 aliphatic rings. The number of anilines is 1. The Labute approximate surface area is 131 Å². The summed E-state index contributed by atoms with van der Waals surface area (Å²) in [5, 5.41) is 3.73. The third kappa shape index (κ3) is 2.00. The number of benzene rings is 2. The van der Waals surface area contributed by atoms with Gasteiger partial charge in [-0.2, -0.15) is 0 Å². The zero-order valence-electron chi connectivity index (χ0n) is 13.2. The van der Waals surface area contributed by atoms with Crippen molar-refractivity contribution in [2.75, 3.05) is 19.0 Å². The third-order valence-corrected chi connectivity index (χ3v) is 5.25. The maximum Gasteiger partial charge on any atom is 0.119 e. The molecule has 22 heavy (non-hydrogen) atoms. The van der Waals surface area contributed by atoms with Crippen LogP contribution < -0.4 is 10.1 Å². The van der Waals surface area contributed by atoms with Crippen LogP contribution in [0, 0.1) is 0 Å². The first-order chi connectivity index (χ1) is 10.7. The summed E-state index contributed by atoms with van der Waals surface area (Å²) in [7, 11) is 1.74. The molecule has 0 spiro atoms. The highest BCUT2D eigenvalue weighted by Gasteiger charge is 2.50. The van der Waals surface area contributed by atoms with E-state index in [9.17, 15) is 0 Å². The molecule has 0 saturated carbocycles. The van der Waals surface area contributed by atoms with Gasteiger partial charge in [0, 0.05) is 24.2 Å². The first kappa shape index (κ1) is 13.6. The second-order valence-electron chi connectivity index (χ2n) is 6.58. The molecular weight excluding hydrogens is 272 g/mol. The molecule has 2 atom stereocenters. The average Bonchev–Trinajstić information content (AvgIpc) is 3.01. The van der Waals surface area contributed by atoms with Crippen molar-refractivity contribution in [3.8, 4) is 5.75 Å². The van der Waals surface area contributed by atoms with Gasteiger partial charge in [-0.1, -0.05) is 37.3 Å². The molecule has 0 amide bonds. The lowest BCUT2D eigenvalue weighted by Gasteiger charge is -2.29. The summed E-state index contributed by atoms with van der Waals surface area (Å²) in [4.78, 5) is 2.56. The predicted octanol–water partition coefficient (Wildman–Crippen LogP) is 3.61. The first-order valence-electron chi connectivity index (χ1n) is 7.94. The van der Waals surface area contributed by atoms with Crippen LogP contribution in [0.3, 0.4) is 0 Å². The summed E-state index contributed by atoms with van der Waals surface area (Å²) in [6.45, 7) is 4.50. The number of hydrogen-bond acceptors (Lipinski definition) is 3. The van der Waals surface area contributed by atoms with Gasteiger partial charge in [-0.15, -0.1) is 0 Å². The Kier molecular flexibility index (Phi) is 3.12. The minimum Gasteiger partial charge on any atom is -0.497 e. The van der Waals surface area contributed by atoms with E-state index in [1.54, 1.807) is 7.11 Å². The zero-order valence-corrected chi connectivity index (χ0v) is 13.2. The lowest BCUT2D eigenvalue weighted by atomic mass is 9.81. The fourth-order valence-corrected chi connectivity index (χ4v) is 3.96. The van der Waals surface area contributed by atoms with Crippen molar-refractivity contribution in [2.45, 2.75) is 31.5 Å². The molecule has 2 heterocycles. The van der Waals surface area contributed by atoms with Crippen LogP contribution in [0.2, 0.25) is 0 Å². The van der Waals surface area contributed by atoms with Crippen molar-refractivity contribution in [3.63, 3.8) is 0 Å². The highest BCUT2D eigenvalue weighted by molar-refractivity contribution is 5.64. The highest BCUT2D eigenvalue weighted by Crippen LogP contribution is 2.49. The zero-order chi connectivity index (χ0) is 15.2. The number of fused-ring (bicyclic) bond motifs is 3. The van der Waals surface area contributed by atoms with Gasteiger partial charge in [0.15, 0.2) is 0 Å². The maximum atomic E-state index is 5.41. The average molecular weight is 294 g/mol. The van der Waals surface area contributed by atoms with Crippen molar-refractivity contribution in [1.29, 1.82) is 0 Å². The molecule has 4 rings (SSSR count). The Morgan fingerprint density at radius 2 is 2.05 bits per heavy atom. The third-order valence-electron chi connectivity index (χ3n) is 5.25. The van der Waals surface area contributed by atoms with Crippen LogP contribution in [0.25, 0.3) is 0 Å². The maximum absolute atomic E-state index is 5.41. The van der Waals surface area contributed by atoms with E-state index in [0.29, 0.717) is 6.17 Å². The van der Waals surface area contributed by atoms with Gasteiger partial charge >= 0.3 is 0 Å². The van der Waals surface area contributed by atoms with Gasteiger partial charge < -0.3 is 10.1 Å². The van der Waals surface area contributed by atoms with Crippen molar-refractivity contribution in [1.82, 2.24) is 4.90 Å². The molecule has 3 heteroatoms. The summed E-state index contributed by atoms with van der Waals surface area (Å²) in [5.74, 6) is 0.948. The van der Waals surface area contributed by atoms with Gasteiger partial charge in [0.05, 0.1) is 13.3 Å². The monoisotopic (exact) mass is 294 g/mol. The smallest absolute Gasteiger partial charge is 0.119 e. The molecule has 1 unspecified atom stereocenters. The Bertz CT molecular complexity index is 685. The number of ether oxygens (including phenoxy) is 1. The van der Waals surface area contributed by atoms with E-state index in [2.05, 4.69) is 59.6 Å². The number of nitrogens with one attached hydrogen (secondary N) is 1. The summed E-state index contributed by atoms with van der Waals surface area (Å²) < 4.78 is 5.41. The predicted molar refractivity (Wildman–Crippen MR) is 89.2 cm³/mol. The van der Waals surface area contributed by atoms with E-state index >= 15 is 0 Å². The SMILES string of the molecule is COc1ccc2c(c1)[C@]1(C)CCN(Cc3ccccc3)C1N2. The molecule has 1 saturated heterocycles. The molecule has 0 aromatic heterocycles. The van der Waals surface area contributed by atoms with Crippen molar-refractivity contribution >= 4 is 5.69 Å². The Morgan fingerprint density at radius 3 is 2.82 bits per heavy atom. The van der Waals surface area contributed by atoms with Gasteiger partial charge in [-0.3, -0.25) is 4.90 Å². The first-order valence-corrected chi connectivity index (χ1v) is 7.94. The van der Waals surface area contributed by atoms with Crippen molar-refractivity contribution in [3.05, 3.63) is 59.7 Å². The molecule has 0 radical (unpaired) electrons. The summed E-state index contributed by atoms with van der Waals surface area (Å²) in [6, 6.07) is 17.1. The van der Waals surface area contributed by atoms with Gasteiger partial charge in [0.1, 0.15) is 5.75 Å². The number of rotatable bonds is 3. The molecule has 114 valence electrons. The van der Waals surface area contributed by atoms with Gasteiger partial charge in [-0.25, -0.2) is 0 Å². The molecule has 3 nitrogen and oxygen atoms in total. The fourth-order valence-electron chi connectivity index (χ4n) is 3.96.